The number of nitrogens with zero attached hydrogens (tertiary/aromatic N) is 1. The standard InChI is InChI=1S/C11H13FN2O3/c1-6-3-8(6)13-9-5-11(17-2)7(12)4-10(9)14(15)16/h4-6,8,13H,3H2,1-2H3. The third-order valence-electron chi connectivity index (χ3n) is 2.92. The van der Waals surface area contributed by atoms with Crippen molar-refractivity contribution >= 4 is 11.4 Å². The van der Waals surface area contributed by atoms with Crippen LogP contribution in [0.25, 0.3) is 0 Å². The maximum atomic E-state index is 13.4. The van der Waals surface area contributed by atoms with Crippen LogP contribution in [-0.4, -0.2) is 18.1 Å². The molecule has 0 bridgehead atoms. The van der Waals surface area contributed by atoms with E-state index in [-0.39, 0.29) is 17.5 Å². The highest BCUT2D eigenvalue weighted by Gasteiger charge is 2.34. The molecule has 0 aliphatic heterocycles. The predicted octanol–water partition coefficient (Wildman–Crippen LogP) is 2.56. The number of halogens is 1. The minimum absolute atomic E-state index is 0.00593. The maximum Gasteiger partial charge on any atom is 0.295 e. The Kier molecular flexibility index (Phi) is 2.87. The molecule has 1 aromatic carbocycles. The molecule has 0 saturated heterocycles. The Balaban J connectivity index is 2.35. The summed E-state index contributed by atoms with van der Waals surface area (Å²) in [6, 6.07) is 2.44. The van der Waals surface area contributed by atoms with Gasteiger partial charge < -0.3 is 10.1 Å². The van der Waals surface area contributed by atoms with Crippen molar-refractivity contribution in [2.24, 2.45) is 5.92 Å². The Morgan fingerprint density at radius 2 is 2.24 bits per heavy atom. The van der Waals surface area contributed by atoms with Gasteiger partial charge >= 0.3 is 0 Å². The van der Waals surface area contributed by atoms with E-state index in [1.165, 1.54) is 13.2 Å². The van der Waals surface area contributed by atoms with Gasteiger partial charge in [0.05, 0.1) is 18.1 Å². The molecule has 2 unspecified atom stereocenters. The zero-order valence-electron chi connectivity index (χ0n) is 9.57. The van der Waals surface area contributed by atoms with Gasteiger partial charge in [0.1, 0.15) is 5.69 Å². The Labute approximate surface area is 97.7 Å². The van der Waals surface area contributed by atoms with Crippen LogP contribution in [0, 0.1) is 21.8 Å². The van der Waals surface area contributed by atoms with Crippen LogP contribution >= 0.6 is 0 Å². The fraction of sp³-hybridized carbons (Fsp3) is 0.455. The lowest BCUT2D eigenvalue weighted by molar-refractivity contribution is -0.384. The first-order valence-corrected chi connectivity index (χ1v) is 5.31. The highest BCUT2D eigenvalue weighted by molar-refractivity contribution is 5.65. The SMILES string of the molecule is COc1cc(NC2CC2C)c([N+](=O)[O-])cc1F. The monoisotopic (exact) mass is 240 g/mol. The minimum atomic E-state index is -0.728. The van der Waals surface area contributed by atoms with Gasteiger partial charge in [0.25, 0.3) is 5.69 Å². The topological polar surface area (TPSA) is 64.4 Å². The van der Waals surface area contributed by atoms with Crippen molar-refractivity contribution in [1.29, 1.82) is 0 Å². The van der Waals surface area contributed by atoms with Gasteiger partial charge in [0, 0.05) is 12.1 Å². The molecular formula is C11H13FN2O3. The van der Waals surface area contributed by atoms with Crippen molar-refractivity contribution in [2.45, 2.75) is 19.4 Å². The van der Waals surface area contributed by atoms with Crippen molar-refractivity contribution in [3.05, 3.63) is 28.1 Å². The minimum Gasteiger partial charge on any atom is -0.494 e. The summed E-state index contributed by atoms with van der Waals surface area (Å²) in [4.78, 5) is 10.2. The van der Waals surface area contributed by atoms with E-state index in [0.717, 1.165) is 12.5 Å². The zero-order chi connectivity index (χ0) is 12.6. The highest BCUT2D eigenvalue weighted by Crippen LogP contribution is 2.38. The van der Waals surface area contributed by atoms with Gasteiger partial charge in [0.15, 0.2) is 11.6 Å². The number of nitrogens with one attached hydrogen (secondary N) is 1. The lowest BCUT2D eigenvalue weighted by Crippen LogP contribution is -2.07. The summed E-state index contributed by atoms with van der Waals surface area (Å²) < 4.78 is 18.2. The molecule has 1 aliphatic rings. The number of nitro groups is 1. The third kappa shape index (κ3) is 2.30. The van der Waals surface area contributed by atoms with Gasteiger partial charge in [-0.15, -0.1) is 0 Å². The van der Waals surface area contributed by atoms with Crippen LogP contribution in [0.15, 0.2) is 12.1 Å². The van der Waals surface area contributed by atoms with Gasteiger partial charge in [-0.25, -0.2) is 4.39 Å². The fourth-order valence-electron chi connectivity index (χ4n) is 1.69. The summed E-state index contributed by atoms with van der Waals surface area (Å²) in [5, 5.41) is 13.8. The summed E-state index contributed by atoms with van der Waals surface area (Å²) in [5.74, 6) is -0.231. The highest BCUT2D eigenvalue weighted by atomic mass is 19.1. The van der Waals surface area contributed by atoms with Crippen LogP contribution in [-0.2, 0) is 0 Å². The van der Waals surface area contributed by atoms with Crippen molar-refractivity contribution in [3.63, 3.8) is 0 Å². The quantitative estimate of drug-likeness (QED) is 0.648. The second kappa shape index (κ2) is 4.20. The van der Waals surface area contributed by atoms with E-state index >= 15 is 0 Å². The summed E-state index contributed by atoms with van der Waals surface area (Å²) in [5.41, 5.74) is 0.0463. The van der Waals surface area contributed by atoms with E-state index in [4.69, 9.17) is 4.74 Å². The van der Waals surface area contributed by atoms with Crippen LogP contribution in [0.4, 0.5) is 15.8 Å². The molecule has 1 fully saturated rings. The number of ether oxygens (including phenoxy) is 1. The second-order valence-electron chi connectivity index (χ2n) is 4.22. The molecule has 6 heteroatoms. The number of rotatable bonds is 4. The Morgan fingerprint density at radius 1 is 1.59 bits per heavy atom. The Hall–Kier alpha value is -1.85. The third-order valence-corrected chi connectivity index (χ3v) is 2.92. The normalized spacial score (nSPS) is 22.1. The number of hydrogen-bond acceptors (Lipinski definition) is 4. The molecule has 1 aromatic rings. The molecular weight excluding hydrogens is 227 g/mol. The summed E-state index contributed by atoms with van der Waals surface area (Å²) in [7, 11) is 1.33. The average molecular weight is 240 g/mol. The van der Waals surface area contributed by atoms with E-state index in [9.17, 15) is 14.5 Å². The van der Waals surface area contributed by atoms with Crippen molar-refractivity contribution in [1.82, 2.24) is 0 Å². The predicted molar refractivity (Wildman–Crippen MR) is 60.8 cm³/mol. The molecule has 0 radical (unpaired) electrons. The summed E-state index contributed by atoms with van der Waals surface area (Å²) in [6.07, 6.45) is 0.969. The van der Waals surface area contributed by atoms with Gasteiger partial charge in [0.2, 0.25) is 0 Å². The van der Waals surface area contributed by atoms with Crippen molar-refractivity contribution in [3.8, 4) is 5.75 Å². The number of hydrogen-bond donors (Lipinski definition) is 1. The molecule has 2 rings (SSSR count). The first-order chi connectivity index (χ1) is 8.02. The number of methoxy groups -OCH3 is 1. The molecule has 0 spiro atoms. The van der Waals surface area contributed by atoms with Crippen LogP contribution < -0.4 is 10.1 Å². The largest absolute Gasteiger partial charge is 0.494 e. The Bertz CT molecular complexity index is 464. The Morgan fingerprint density at radius 3 is 2.71 bits per heavy atom. The van der Waals surface area contributed by atoms with Crippen LogP contribution in [0.3, 0.4) is 0 Å². The van der Waals surface area contributed by atoms with Crippen molar-refractivity contribution in [2.75, 3.05) is 12.4 Å². The van der Waals surface area contributed by atoms with E-state index in [0.29, 0.717) is 11.6 Å². The van der Waals surface area contributed by atoms with Gasteiger partial charge in [-0.2, -0.15) is 0 Å². The molecule has 0 aromatic heterocycles. The second-order valence-corrected chi connectivity index (χ2v) is 4.22. The van der Waals surface area contributed by atoms with Crippen LogP contribution in [0.5, 0.6) is 5.75 Å². The fourth-order valence-corrected chi connectivity index (χ4v) is 1.69. The summed E-state index contributed by atoms with van der Waals surface area (Å²) in [6.45, 7) is 2.05. The number of anilines is 1. The van der Waals surface area contributed by atoms with E-state index in [1.807, 2.05) is 6.92 Å². The molecule has 17 heavy (non-hydrogen) atoms. The molecule has 0 heterocycles. The van der Waals surface area contributed by atoms with Gasteiger partial charge in [-0.05, 0) is 12.3 Å². The zero-order valence-corrected chi connectivity index (χ0v) is 9.57. The molecule has 0 amide bonds. The van der Waals surface area contributed by atoms with Gasteiger partial charge in [-0.3, -0.25) is 10.1 Å². The molecule has 2 atom stereocenters. The van der Waals surface area contributed by atoms with Crippen LogP contribution in [0.1, 0.15) is 13.3 Å². The van der Waals surface area contributed by atoms with E-state index in [1.54, 1.807) is 0 Å². The molecule has 1 saturated carbocycles. The smallest absolute Gasteiger partial charge is 0.295 e. The molecule has 92 valence electrons. The van der Waals surface area contributed by atoms with Crippen LogP contribution in [0.2, 0.25) is 0 Å². The first kappa shape index (κ1) is 11.6. The average Bonchev–Trinajstić information content (AvgIpc) is 2.96. The number of benzene rings is 1. The van der Waals surface area contributed by atoms with Crippen molar-refractivity contribution < 1.29 is 14.1 Å². The number of nitro benzene ring substituents is 1. The lowest BCUT2D eigenvalue weighted by atomic mass is 10.2. The first-order valence-electron chi connectivity index (χ1n) is 5.31. The molecule has 1 N–H and O–H groups in total. The molecule has 5 nitrogen and oxygen atoms in total. The molecule has 1 aliphatic carbocycles. The van der Waals surface area contributed by atoms with E-state index in [2.05, 4.69) is 5.32 Å². The van der Waals surface area contributed by atoms with Gasteiger partial charge in [-0.1, -0.05) is 6.92 Å². The maximum absolute atomic E-state index is 13.4. The van der Waals surface area contributed by atoms with E-state index < -0.39 is 10.7 Å². The lowest BCUT2D eigenvalue weighted by Gasteiger charge is -2.09. The summed E-state index contributed by atoms with van der Waals surface area (Å²) >= 11 is 0.